The summed E-state index contributed by atoms with van der Waals surface area (Å²) < 4.78 is 0. The Bertz CT molecular complexity index is 1150. The highest BCUT2D eigenvalue weighted by Gasteiger charge is 2.32. The van der Waals surface area contributed by atoms with Crippen LogP contribution >= 0.6 is 0 Å². The van der Waals surface area contributed by atoms with E-state index < -0.39 is 12.2 Å². The number of hydrogen-bond donors (Lipinski definition) is 2. The molecule has 1 aliphatic rings. The molecule has 136 valence electrons. The van der Waals surface area contributed by atoms with E-state index in [4.69, 9.17) is 0 Å². The quantitative estimate of drug-likeness (QED) is 0.493. The van der Waals surface area contributed by atoms with Crippen molar-refractivity contribution >= 4 is 0 Å². The average molecular weight is 364 g/mol. The first-order chi connectivity index (χ1) is 13.8. The molecule has 4 aromatic carbocycles. The topological polar surface area (TPSA) is 40.5 Å². The maximum atomic E-state index is 11.2. The molecule has 28 heavy (non-hydrogen) atoms. The van der Waals surface area contributed by atoms with E-state index in [1.165, 1.54) is 0 Å². The van der Waals surface area contributed by atoms with Gasteiger partial charge in [-0.15, -0.1) is 0 Å². The number of benzene rings is 4. The Hall–Kier alpha value is -3.20. The smallest absolute Gasteiger partial charge is 0.105 e. The van der Waals surface area contributed by atoms with Crippen molar-refractivity contribution in [2.75, 3.05) is 0 Å². The van der Waals surface area contributed by atoms with Gasteiger partial charge in [0.1, 0.15) is 12.2 Å². The molecular weight excluding hydrogens is 344 g/mol. The molecule has 0 saturated carbocycles. The van der Waals surface area contributed by atoms with Gasteiger partial charge in [-0.1, -0.05) is 97.1 Å². The summed E-state index contributed by atoms with van der Waals surface area (Å²) >= 11 is 0. The lowest BCUT2D eigenvalue weighted by atomic mass is 9.78. The lowest BCUT2D eigenvalue weighted by molar-refractivity contribution is 0.174. The monoisotopic (exact) mass is 364 g/mol. The molecule has 0 aliphatic heterocycles. The van der Waals surface area contributed by atoms with E-state index in [2.05, 4.69) is 24.3 Å². The molecule has 0 fully saturated rings. The average Bonchev–Trinajstić information content (AvgIpc) is 2.77. The van der Waals surface area contributed by atoms with Crippen LogP contribution in [0.4, 0.5) is 0 Å². The minimum atomic E-state index is -0.769. The normalized spacial score (nSPS) is 17.6. The summed E-state index contributed by atoms with van der Waals surface area (Å²) in [5, 5.41) is 22.2. The summed E-state index contributed by atoms with van der Waals surface area (Å²) in [7, 11) is 0. The first kappa shape index (κ1) is 16.9. The van der Waals surface area contributed by atoms with Crippen molar-refractivity contribution in [3.63, 3.8) is 0 Å². The Morgan fingerprint density at radius 2 is 0.964 bits per heavy atom. The SMILES string of the molecule is OC1c2ccccc2C(O)c2c(-c3ccccc3-c3ccccc3)cccc21. The fourth-order valence-corrected chi connectivity index (χ4v) is 4.28. The van der Waals surface area contributed by atoms with Crippen molar-refractivity contribution < 1.29 is 10.2 Å². The molecule has 0 amide bonds. The number of aliphatic hydroxyl groups is 2. The lowest BCUT2D eigenvalue weighted by Crippen LogP contribution is -2.18. The molecule has 2 N–H and O–H groups in total. The maximum Gasteiger partial charge on any atom is 0.105 e. The Kier molecular flexibility index (Phi) is 4.09. The molecule has 0 radical (unpaired) electrons. The minimum absolute atomic E-state index is 0.738. The van der Waals surface area contributed by atoms with Crippen LogP contribution in [0, 0.1) is 0 Å². The fraction of sp³-hybridized carbons (Fsp3) is 0.0769. The molecule has 2 nitrogen and oxygen atoms in total. The Morgan fingerprint density at radius 1 is 0.429 bits per heavy atom. The third-order valence-electron chi connectivity index (χ3n) is 5.60. The van der Waals surface area contributed by atoms with E-state index >= 15 is 0 Å². The summed E-state index contributed by atoms with van der Waals surface area (Å²) in [5.74, 6) is 0. The van der Waals surface area contributed by atoms with Gasteiger partial charge < -0.3 is 10.2 Å². The number of rotatable bonds is 2. The van der Waals surface area contributed by atoms with Crippen molar-refractivity contribution in [3.05, 3.63) is 119 Å². The van der Waals surface area contributed by atoms with Crippen molar-refractivity contribution in [1.29, 1.82) is 0 Å². The van der Waals surface area contributed by atoms with Gasteiger partial charge in [0.15, 0.2) is 0 Å². The second-order valence-electron chi connectivity index (χ2n) is 7.15. The summed E-state index contributed by atoms with van der Waals surface area (Å²) in [6.45, 7) is 0. The first-order valence-corrected chi connectivity index (χ1v) is 9.48. The third-order valence-corrected chi connectivity index (χ3v) is 5.60. The molecule has 5 rings (SSSR count). The molecule has 2 atom stereocenters. The molecule has 4 aromatic rings. The van der Waals surface area contributed by atoms with Gasteiger partial charge >= 0.3 is 0 Å². The third kappa shape index (κ3) is 2.58. The Labute approximate surface area is 164 Å². The molecule has 0 heterocycles. The van der Waals surface area contributed by atoms with Gasteiger partial charge in [0.25, 0.3) is 0 Å². The molecule has 0 spiro atoms. The summed E-state index contributed by atoms with van der Waals surface area (Å²) in [6.07, 6.45) is -1.51. The van der Waals surface area contributed by atoms with Crippen LogP contribution < -0.4 is 0 Å². The van der Waals surface area contributed by atoms with Crippen molar-refractivity contribution in [2.45, 2.75) is 12.2 Å². The van der Waals surface area contributed by atoms with Crippen molar-refractivity contribution in [3.8, 4) is 22.3 Å². The van der Waals surface area contributed by atoms with Crippen LogP contribution in [0.3, 0.4) is 0 Å². The van der Waals surface area contributed by atoms with E-state index in [1.807, 2.05) is 72.8 Å². The van der Waals surface area contributed by atoms with Crippen LogP contribution in [-0.2, 0) is 0 Å². The second-order valence-corrected chi connectivity index (χ2v) is 7.15. The second kappa shape index (κ2) is 6.75. The van der Waals surface area contributed by atoms with Crippen LogP contribution in [0.5, 0.6) is 0 Å². The van der Waals surface area contributed by atoms with Crippen LogP contribution in [-0.4, -0.2) is 10.2 Å². The highest BCUT2D eigenvalue weighted by atomic mass is 16.3. The molecule has 0 saturated heterocycles. The van der Waals surface area contributed by atoms with E-state index in [-0.39, 0.29) is 0 Å². The standard InChI is InChI=1S/C26H20O2/c27-25-21-13-6-7-14-22(21)26(28)24-20(15-8-16-23(24)25)19-12-5-4-11-18(19)17-9-2-1-3-10-17/h1-16,25-28H. The zero-order valence-electron chi connectivity index (χ0n) is 15.3. The zero-order valence-corrected chi connectivity index (χ0v) is 15.3. The van der Waals surface area contributed by atoms with E-state index in [1.54, 1.807) is 0 Å². The predicted octanol–water partition coefficient (Wildman–Crippen LogP) is 5.50. The van der Waals surface area contributed by atoms with Gasteiger partial charge in [-0.05, 0) is 44.5 Å². The van der Waals surface area contributed by atoms with E-state index in [9.17, 15) is 10.2 Å². The van der Waals surface area contributed by atoms with Gasteiger partial charge in [-0.3, -0.25) is 0 Å². The van der Waals surface area contributed by atoms with E-state index in [0.29, 0.717) is 0 Å². The Morgan fingerprint density at radius 3 is 1.71 bits per heavy atom. The van der Waals surface area contributed by atoms with E-state index in [0.717, 1.165) is 44.5 Å². The van der Waals surface area contributed by atoms with Crippen molar-refractivity contribution in [2.24, 2.45) is 0 Å². The molecule has 2 unspecified atom stereocenters. The predicted molar refractivity (Wildman–Crippen MR) is 112 cm³/mol. The molecule has 0 bridgehead atoms. The van der Waals surface area contributed by atoms with Crippen LogP contribution in [0.25, 0.3) is 22.3 Å². The van der Waals surface area contributed by atoms with Gasteiger partial charge in [0, 0.05) is 0 Å². The molecule has 1 aliphatic carbocycles. The molecule has 0 aromatic heterocycles. The molecule has 2 heteroatoms. The lowest BCUT2D eigenvalue weighted by Gasteiger charge is -2.31. The number of hydrogen-bond acceptors (Lipinski definition) is 2. The van der Waals surface area contributed by atoms with Gasteiger partial charge in [0.2, 0.25) is 0 Å². The summed E-state index contributed by atoms with van der Waals surface area (Å²) in [4.78, 5) is 0. The zero-order chi connectivity index (χ0) is 19.1. The van der Waals surface area contributed by atoms with Crippen LogP contribution in [0.1, 0.15) is 34.5 Å². The maximum absolute atomic E-state index is 11.2. The van der Waals surface area contributed by atoms with Gasteiger partial charge in [-0.25, -0.2) is 0 Å². The first-order valence-electron chi connectivity index (χ1n) is 9.48. The number of aliphatic hydroxyl groups excluding tert-OH is 2. The minimum Gasteiger partial charge on any atom is -0.384 e. The fourth-order valence-electron chi connectivity index (χ4n) is 4.28. The largest absolute Gasteiger partial charge is 0.384 e. The highest BCUT2D eigenvalue weighted by Crippen LogP contribution is 2.46. The number of fused-ring (bicyclic) bond motifs is 2. The van der Waals surface area contributed by atoms with Crippen LogP contribution in [0.15, 0.2) is 97.1 Å². The van der Waals surface area contributed by atoms with Gasteiger partial charge in [-0.2, -0.15) is 0 Å². The highest BCUT2D eigenvalue weighted by molar-refractivity contribution is 5.86. The van der Waals surface area contributed by atoms with Crippen LogP contribution in [0.2, 0.25) is 0 Å². The molecular formula is C26H20O2. The van der Waals surface area contributed by atoms with Gasteiger partial charge in [0.05, 0.1) is 0 Å². The Balaban J connectivity index is 1.76. The summed E-state index contributed by atoms with van der Waals surface area (Å²) in [5.41, 5.74) is 7.35. The van der Waals surface area contributed by atoms with Crippen molar-refractivity contribution in [1.82, 2.24) is 0 Å². The summed E-state index contributed by atoms with van der Waals surface area (Å²) in [6, 6.07) is 32.0.